The van der Waals surface area contributed by atoms with Crippen molar-refractivity contribution in [2.24, 2.45) is 0 Å². The quantitative estimate of drug-likeness (QED) is 0.653. The van der Waals surface area contributed by atoms with Gasteiger partial charge in [0.15, 0.2) is 0 Å². The van der Waals surface area contributed by atoms with E-state index in [0.717, 1.165) is 34.4 Å². The van der Waals surface area contributed by atoms with Crippen molar-refractivity contribution in [2.45, 2.75) is 6.61 Å². The molecule has 0 spiro atoms. The first-order valence-electron chi connectivity index (χ1n) is 6.98. The Labute approximate surface area is 134 Å². The molecule has 0 atom stereocenters. The summed E-state index contributed by atoms with van der Waals surface area (Å²) in [6, 6.07) is 15.2. The monoisotopic (exact) mass is 308 g/mol. The number of rotatable bonds is 6. The molecule has 116 valence electrons. The maximum Gasteiger partial charge on any atom is 0.330 e. The zero-order valence-corrected chi connectivity index (χ0v) is 12.4. The molecule has 0 radical (unpaired) electrons. The van der Waals surface area contributed by atoms with Crippen LogP contribution in [-0.4, -0.2) is 17.0 Å². The highest BCUT2D eigenvalue weighted by molar-refractivity contribution is 5.85. The Bertz CT molecular complexity index is 725. The van der Waals surface area contributed by atoms with Crippen LogP contribution in [0, 0.1) is 0 Å². The number of carbonyl (C=O) groups excluding carboxylic acids is 1. The molecular formula is C19H16O4. The fraction of sp³-hybridized carbons (Fsp3) is 0.0526. The maximum absolute atomic E-state index is 11.0. The van der Waals surface area contributed by atoms with Crippen LogP contribution in [0.5, 0.6) is 0 Å². The fourth-order valence-corrected chi connectivity index (χ4v) is 1.96. The van der Waals surface area contributed by atoms with Gasteiger partial charge in [-0.05, 0) is 28.3 Å². The van der Waals surface area contributed by atoms with Gasteiger partial charge in [0.25, 0.3) is 0 Å². The summed E-state index contributed by atoms with van der Waals surface area (Å²) in [5.41, 5.74) is 3.76. The van der Waals surface area contributed by atoms with E-state index >= 15 is 0 Å². The first-order chi connectivity index (χ1) is 11.1. The Kier molecular flexibility index (Phi) is 5.47. The molecule has 1 N–H and O–H groups in total. The van der Waals surface area contributed by atoms with Gasteiger partial charge in [-0.2, -0.15) is 0 Å². The van der Waals surface area contributed by atoms with Gasteiger partial charge in [-0.1, -0.05) is 55.1 Å². The predicted molar refractivity (Wildman–Crippen MR) is 88.5 cm³/mol. The van der Waals surface area contributed by atoms with E-state index in [4.69, 9.17) is 9.84 Å². The molecule has 0 saturated carbocycles. The van der Waals surface area contributed by atoms with Crippen molar-refractivity contribution >= 4 is 18.0 Å². The summed E-state index contributed by atoms with van der Waals surface area (Å²) in [6.07, 6.45) is 3.78. The van der Waals surface area contributed by atoms with E-state index in [1.807, 2.05) is 48.5 Å². The topological polar surface area (TPSA) is 63.6 Å². The first kappa shape index (κ1) is 16.2. The van der Waals surface area contributed by atoms with Crippen LogP contribution in [0.3, 0.4) is 0 Å². The zero-order chi connectivity index (χ0) is 16.7. The summed E-state index contributed by atoms with van der Waals surface area (Å²) in [7, 11) is 0. The van der Waals surface area contributed by atoms with Crippen molar-refractivity contribution in [2.75, 3.05) is 0 Å². The fourth-order valence-electron chi connectivity index (χ4n) is 1.96. The Morgan fingerprint density at radius 2 is 1.57 bits per heavy atom. The highest BCUT2D eigenvalue weighted by Gasteiger charge is 2.01. The molecule has 0 saturated heterocycles. The second-order valence-electron chi connectivity index (χ2n) is 4.80. The molecule has 0 aliphatic carbocycles. The molecule has 0 aromatic heterocycles. The van der Waals surface area contributed by atoms with Crippen LogP contribution >= 0.6 is 0 Å². The summed E-state index contributed by atoms with van der Waals surface area (Å²) in [5, 5.41) is 8.60. The van der Waals surface area contributed by atoms with Gasteiger partial charge in [0.2, 0.25) is 0 Å². The number of aliphatic carboxylic acids is 1. The van der Waals surface area contributed by atoms with Crippen LogP contribution in [0.25, 0.3) is 17.2 Å². The highest BCUT2D eigenvalue weighted by atomic mass is 16.5. The van der Waals surface area contributed by atoms with Gasteiger partial charge in [0.05, 0.1) is 0 Å². The number of carbonyl (C=O) groups is 2. The summed E-state index contributed by atoms with van der Waals surface area (Å²) >= 11 is 0. The van der Waals surface area contributed by atoms with Crippen molar-refractivity contribution in [1.29, 1.82) is 0 Å². The van der Waals surface area contributed by atoms with Crippen LogP contribution in [-0.2, 0) is 20.9 Å². The minimum Gasteiger partial charge on any atom is -0.478 e. The predicted octanol–water partition coefficient (Wildman–Crippen LogP) is 3.68. The molecule has 0 aliphatic heterocycles. The van der Waals surface area contributed by atoms with E-state index in [-0.39, 0.29) is 6.61 Å². The van der Waals surface area contributed by atoms with Crippen LogP contribution in [0.1, 0.15) is 11.1 Å². The lowest BCUT2D eigenvalue weighted by Crippen LogP contribution is -1.99. The molecule has 0 heterocycles. The summed E-state index contributed by atoms with van der Waals surface area (Å²) in [6.45, 7) is 3.56. The second kappa shape index (κ2) is 7.75. The normalized spacial score (nSPS) is 10.4. The Hall–Kier alpha value is -3.14. The summed E-state index contributed by atoms with van der Waals surface area (Å²) in [5.74, 6) is -1.42. The lowest BCUT2D eigenvalue weighted by Gasteiger charge is -2.05. The van der Waals surface area contributed by atoms with Crippen molar-refractivity contribution in [3.8, 4) is 11.1 Å². The molecule has 0 unspecified atom stereocenters. The highest BCUT2D eigenvalue weighted by Crippen LogP contribution is 2.21. The van der Waals surface area contributed by atoms with Gasteiger partial charge in [-0.3, -0.25) is 0 Å². The largest absolute Gasteiger partial charge is 0.478 e. The number of carboxylic acids is 1. The smallest absolute Gasteiger partial charge is 0.330 e. The van der Waals surface area contributed by atoms with Gasteiger partial charge in [-0.15, -0.1) is 0 Å². The Morgan fingerprint density at radius 1 is 1.00 bits per heavy atom. The third-order valence-corrected chi connectivity index (χ3v) is 3.16. The maximum atomic E-state index is 11.0. The van der Waals surface area contributed by atoms with E-state index in [1.165, 1.54) is 0 Å². The molecule has 2 rings (SSSR count). The lowest BCUT2D eigenvalue weighted by atomic mass is 10.0. The molecule has 4 heteroatoms. The number of benzene rings is 2. The third-order valence-electron chi connectivity index (χ3n) is 3.16. The minimum absolute atomic E-state index is 0.212. The van der Waals surface area contributed by atoms with E-state index in [0.29, 0.717) is 0 Å². The molecule has 2 aromatic carbocycles. The van der Waals surface area contributed by atoms with Gasteiger partial charge in [0.1, 0.15) is 6.61 Å². The van der Waals surface area contributed by atoms with Gasteiger partial charge < -0.3 is 9.84 Å². The number of carboxylic acid groups (broad SMARTS) is 1. The van der Waals surface area contributed by atoms with E-state index in [2.05, 4.69) is 6.58 Å². The second-order valence-corrected chi connectivity index (χ2v) is 4.80. The van der Waals surface area contributed by atoms with Crippen LogP contribution in [0.15, 0.2) is 67.3 Å². The Morgan fingerprint density at radius 3 is 2.09 bits per heavy atom. The molecule has 4 nitrogen and oxygen atoms in total. The minimum atomic E-state index is -0.971. The molecule has 23 heavy (non-hydrogen) atoms. The molecular weight excluding hydrogens is 292 g/mol. The van der Waals surface area contributed by atoms with Gasteiger partial charge in [0, 0.05) is 12.2 Å². The average Bonchev–Trinajstić information content (AvgIpc) is 2.58. The number of ether oxygens (including phenoxy) is 1. The van der Waals surface area contributed by atoms with Gasteiger partial charge >= 0.3 is 11.9 Å². The summed E-state index contributed by atoms with van der Waals surface area (Å²) in [4.78, 5) is 21.5. The molecule has 0 bridgehead atoms. The molecule has 0 aliphatic rings. The van der Waals surface area contributed by atoms with E-state index < -0.39 is 11.9 Å². The SMILES string of the molecule is C=CC(=O)OCc1ccc(-c2ccc(C=CC(=O)O)cc2)cc1. The average molecular weight is 308 g/mol. The number of hydrogen-bond acceptors (Lipinski definition) is 3. The standard InChI is InChI=1S/C19H16O4/c1-2-19(22)23-13-15-5-10-17(11-6-15)16-8-3-14(4-9-16)7-12-18(20)21/h2-12H,1,13H2,(H,20,21). The Balaban J connectivity index is 2.05. The first-order valence-corrected chi connectivity index (χ1v) is 6.98. The number of esters is 1. The lowest BCUT2D eigenvalue weighted by molar-refractivity contribution is -0.139. The van der Waals surface area contributed by atoms with E-state index in [9.17, 15) is 9.59 Å². The zero-order valence-electron chi connectivity index (χ0n) is 12.4. The van der Waals surface area contributed by atoms with Gasteiger partial charge in [-0.25, -0.2) is 9.59 Å². The van der Waals surface area contributed by atoms with Crippen LogP contribution in [0.4, 0.5) is 0 Å². The van der Waals surface area contributed by atoms with Crippen molar-refractivity contribution in [1.82, 2.24) is 0 Å². The van der Waals surface area contributed by atoms with E-state index in [1.54, 1.807) is 6.08 Å². The van der Waals surface area contributed by atoms with Crippen molar-refractivity contribution < 1.29 is 19.4 Å². The van der Waals surface area contributed by atoms with Crippen LogP contribution in [0.2, 0.25) is 0 Å². The molecule has 2 aromatic rings. The van der Waals surface area contributed by atoms with Crippen molar-refractivity contribution in [3.63, 3.8) is 0 Å². The third kappa shape index (κ3) is 4.97. The van der Waals surface area contributed by atoms with Crippen LogP contribution < -0.4 is 0 Å². The molecule has 0 amide bonds. The number of hydrogen-bond donors (Lipinski definition) is 1. The molecule has 0 fully saturated rings. The summed E-state index contributed by atoms with van der Waals surface area (Å²) < 4.78 is 4.97. The van der Waals surface area contributed by atoms with Crippen molar-refractivity contribution in [3.05, 3.63) is 78.4 Å².